The van der Waals surface area contributed by atoms with Crippen LogP contribution >= 0.6 is 11.3 Å². The lowest BCUT2D eigenvalue weighted by Gasteiger charge is -2.12. The number of hydrogen-bond acceptors (Lipinski definition) is 5. The van der Waals surface area contributed by atoms with Gasteiger partial charge in [-0.25, -0.2) is 9.97 Å². The lowest BCUT2D eigenvalue weighted by atomic mass is 9.97. The van der Waals surface area contributed by atoms with Gasteiger partial charge in [0.2, 0.25) is 5.88 Å². The first-order valence-electron chi connectivity index (χ1n) is 8.17. The molecule has 0 aliphatic heterocycles. The number of aryl methyl sites for hydroxylation is 2. The maximum absolute atomic E-state index is 6.22. The molecule has 0 radical (unpaired) electrons. The smallest absolute Gasteiger partial charge is 0.231 e. The van der Waals surface area contributed by atoms with Crippen molar-refractivity contribution in [2.45, 2.75) is 25.7 Å². The monoisotopic (exact) mass is 333 g/mol. The fourth-order valence-electron chi connectivity index (χ4n) is 3.40. The van der Waals surface area contributed by atoms with Crippen LogP contribution in [-0.4, -0.2) is 15.0 Å². The van der Waals surface area contributed by atoms with Crippen LogP contribution in [0.3, 0.4) is 0 Å². The Hall–Kier alpha value is -2.53. The SMILES string of the molecule is c1cnc2c(Oc3ncnc4sc5c(c34)CCCC5)cccc2c1. The van der Waals surface area contributed by atoms with Gasteiger partial charge in [0.25, 0.3) is 0 Å². The zero-order valence-corrected chi connectivity index (χ0v) is 13.8. The summed E-state index contributed by atoms with van der Waals surface area (Å²) in [5.74, 6) is 1.39. The maximum atomic E-state index is 6.22. The van der Waals surface area contributed by atoms with Gasteiger partial charge >= 0.3 is 0 Å². The van der Waals surface area contributed by atoms with E-state index in [2.05, 4.69) is 15.0 Å². The van der Waals surface area contributed by atoms with Crippen LogP contribution in [0.15, 0.2) is 42.9 Å². The van der Waals surface area contributed by atoms with E-state index in [-0.39, 0.29) is 0 Å². The van der Waals surface area contributed by atoms with Crippen LogP contribution < -0.4 is 4.74 Å². The van der Waals surface area contributed by atoms with Crippen LogP contribution in [0.1, 0.15) is 23.3 Å². The normalized spacial score (nSPS) is 14.0. The van der Waals surface area contributed by atoms with E-state index in [0.29, 0.717) is 5.88 Å². The van der Waals surface area contributed by atoms with Crippen LogP contribution in [0.25, 0.3) is 21.1 Å². The van der Waals surface area contributed by atoms with Crippen LogP contribution in [-0.2, 0) is 12.8 Å². The molecule has 0 saturated heterocycles. The number of ether oxygens (including phenoxy) is 1. The number of para-hydroxylation sites is 1. The summed E-state index contributed by atoms with van der Waals surface area (Å²) in [6, 6.07) is 9.95. The summed E-state index contributed by atoms with van der Waals surface area (Å²) in [4.78, 5) is 15.8. The van der Waals surface area contributed by atoms with Crippen molar-refractivity contribution in [1.29, 1.82) is 0 Å². The van der Waals surface area contributed by atoms with Crippen molar-refractivity contribution in [2.75, 3.05) is 0 Å². The van der Waals surface area contributed by atoms with Gasteiger partial charge in [-0.1, -0.05) is 18.2 Å². The molecule has 3 aromatic heterocycles. The molecule has 0 unspecified atom stereocenters. The highest BCUT2D eigenvalue weighted by atomic mass is 32.1. The molecule has 0 N–H and O–H groups in total. The predicted molar refractivity (Wildman–Crippen MR) is 95.9 cm³/mol. The van der Waals surface area contributed by atoms with Crippen LogP contribution in [0, 0.1) is 0 Å². The average Bonchev–Trinajstić information content (AvgIpc) is 3.02. The highest BCUT2D eigenvalue weighted by Gasteiger charge is 2.21. The molecule has 3 heterocycles. The van der Waals surface area contributed by atoms with E-state index in [4.69, 9.17) is 4.74 Å². The number of aromatic nitrogens is 3. The van der Waals surface area contributed by atoms with Crippen molar-refractivity contribution in [1.82, 2.24) is 15.0 Å². The topological polar surface area (TPSA) is 47.9 Å². The van der Waals surface area contributed by atoms with Gasteiger partial charge in [-0.3, -0.25) is 4.98 Å². The number of fused-ring (bicyclic) bond motifs is 4. The van der Waals surface area contributed by atoms with E-state index in [1.165, 1.54) is 23.3 Å². The molecule has 1 aliphatic rings. The Bertz CT molecular complexity index is 1050. The summed E-state index contributed by atoms with van der Waals surface area (Å²) in [6.07, 6.45) is 8.10. The molecule has 0 spiro atoms. The van der Waals surface area contributed by atoms with Crippen molar-refractivity contribution < 1.29 is 4.74 Å². The zero-order valence-electron chi connectivity index (χ0n) is 13.0. The Kier molecular flexibility index (Phi) is 3.19. The van der Waals surface area contributed by atoms with Crippen molar-refractivity contribution in [3.05, 3.63) is 53.3 Å². The lowest BCUT2D eigenvalue weighted by Crippen LogP contribution is -1.99. The third-order valence-corrected chi connectivity index (χ3v) is 5.72. The van der Waals surface area contributed by atoms with Gasteiger partial charge in [-0.2, -0.15) is 0 Å². The number of pyridine rings is 1. The van der Waals surface area contributed by atoms with Gasteiger partial charge in [0.05, 0.1) is 5.39 Å². The highest BCUT2D eigenvalue weighted by Crippen LogP contribution is 2.40. The molecule has 0 atom stereocenters. The van der Waals surface area contributed by atoms with Gasteiger partial charge in [0, 0.05) is 16.5 Å². The Labute approximate surface area is 143 Å². The number of rotatable bonds is 2. The third kappa shape index (κ3) is 2.16. The number of thiophene rings is 1. The minimum atomic E-state index is 0.651. The summed E-state index contributed by atoms with van der Waals surface area (Å²) in [6.45, 7) is 0. The largest absolute Gasteiger partial charge is 0.436 e. The lowest BCUT2D eigenvalue weighted by molar-refractivity contribution is 0.472. The fraction of sp³-hybridized carbons (Fsp3) is 0.211. The summed E-state index contributed by atoms with van der Waals surface area (Å²) in [5, 5.41) is 2.15. The molecular formula is C19H15N3OS. The number of nitrogens with zero attached hydrogens (tertiary/aromatic N) is 3. The third-order valence-electron chi connectivity index (χ3n) is 4.52. The van der Waals surface area contributed by atoms with E-state index in [1.807, 2.05) is 30.3 Å². The van der Waals surface area contributed by atoms with Gasteiger partial charge < -0.3 is 4.74 Å². The molecule has 0 bridgehead atoms. The Morgan fingerprint density at radius 2 is 1.88 bits per heavy atom. The first kappa shape index (κ1) is 13.9. The van der Waals surface area contributed by atoms with E-state index in [9.17, 15) is 0 Å². The van der Waals surface area contributed by atoms with Gasteiger partial charge in [0.1, 0.15) is 16.7 Å². The Morgan fingerprint density at radius 1 is 0.958 bits per heavy atom. The molecule has 5 heteroatoms. The molecule has 5 rings (SSSR count). The predicted octanol–water partition coefficient (Wildman–Crippen LogP) is 4.91. The van der Waals surface area contributed by atoms with Crippen molar-refractivity contribution >= 4 is 32.5 Å². The zero-order chi connectivity index (χ0) is 15.9. The van der Waals surface area contributed by atoms with Crippen LogP contribution in [0.4, 0.5) is 0 Å². The molecule has 4 aromatic rings. The number of hydrogen-bond donors (Lipinski definition) is 0. The summed E-state index contributed by atoms with van der Waals surface area (Å²) in [5.41, 5.74) is 2.24. The highest BCUT2D eigenvalue weighted by molar-refractivity contribution is 7.18. The van der Waals surface area contributed by atoms with Crippen molar-refractivity contribution in [3.8, 4) is 11.6 Å². The van der Waals surface area contributed by atoms with Crippen LogP contribution in [0.5, 0.6) is 11.6 Å². The van der Waals surface area contributed by atoms with Gasteiger partial charge in [0.15, 0.2) is 5.75 Å². The second-order valence-electron chi connectivity index (χ2n) is 6.00. The maximum Gasteiger partial charge on any atom is 0.231 e. The van der Waals surface area contributed by atoms with Crippen molar-refractivity contribution in [2.24, 2.45) is 0 Å². The molecular weight excluding hydrogens is 318 g/mol. The van der Waals surface area contributed by atoms with Crippen molar-refractivity contribution in [3.63, 3.8) is 0 Å². The van der Waals surface area contributed by atoms with E-state index in [1.54, 1.807) is 23.9 Å². The minimum Gasteiger partial charge on any atom is -0.436 e. The first-order valence-corrected chi connectivity index (χ1v) is 8.98. The molecule has 1 aliphatic carbocycles. The Morgan fingerprint density at radius 3 is 2.88 bits per heavy atom. The quantitative estimate of drug-likeness (QED) is 0.523. The molecule has 4 nitrogen and oxygen atoms in total. The molecule has 118 valence electrons. The summed E-state index contributed by atoms with van der Waals surface area (Å²) in [7, 11) is 0. The second kappa shape index (κ2) is 5.53. The molecule has 0 saturated carbocycles. The molecule has 0 fully saturated rings. The molecule has 24 heavy (non-hydrogen) atoms. The van der Waals surface area contributed by atoms with E-state index >= 15 is 0 Å². The Balaban J connectivity index is 1.68. The second-order valence-corrected chi connectivity index (χ2v) is 7.09. The van der Waals surface area contributed by atoms with E-state index in [0.717, 1.165) is 39.7 Å². The summed E-state index contributed by atoms with van der Waals surface area (Å²) < 4.78 is 6.22. The summed E-state index contributed by atoms with van der Waals surface area (Å²) >= 11 is 1.78. The van der Waals surface area contributed by atoms with Crippen LogP contribution in [0.2, 0.25) is 0 Å². The number of benzene rings is 1. The van der Waals surface area contributed by atoms with Gasteiger partial charge in [-0.05, 0) is 43.4 Å². The molecule has 1 aromatic carbocycles. The van der Waals surface area contributed by atoms with Gasteiger partial charge in [-0.15, -0.1) is 11.3 Å². The molecule has 0 amide bonds. The standard InChI is InChI=1S/C19H15N3OS/c1-2-9-15-13(7-1)16-18(21-11-22-19(16)24-15)23-14-8-3-5-12-6-4-10-20-17(12)14/h3-6,8,10-11H,1-2,7,9H2. The fourth-order valence-corrected chi connectivity index (χ4v) is 4.62. The average molecular weight is 333 g/mol. The minimum absolute atomic E-state index is 0.651. The van der Waals surface area contributed by atoms with E-state index < -0.39 is 0 Å². The first-order chi connectivity index (χ1) is 11.9.